The average Bonchev–Trinajstić information content (AvgIpc) is 3.25. The summed E-state index contributed by atoms with van der Waals surface area (Å²) in [5.41, 5.74) is 2.59. The van der Waals surface area contributed by atoms with Crippen LogP contribution in [-0.2, 0) is 19.4 Å². The Morgan fingerprint density at radius 2 is 2.04 bits per heavy atom. The highest BCUT2D eigenvalue weighted by Gasteiger charge is 2.26. The van der Waals surface area contributed by atoms with E-state index in [1.54, 1.807) is 16.1 Å². The van der Waals surface area contributed by atoms with Crippen molar-refractivity contribution in [3.05, 3.63) is 34.3 Å². The summed E-state index contributed by atoms with van der Waals surface area (Å²) in [6.45, 7) is 7.16. The van der Waals surface area contributed by atoms with Gasteiger partial charge in [-0.3, -0.25) is 0 Å². The van der Waals surface area contributed by atoms with Gasteiger partial charge >= 0.3 is 0 Å². The summed E-state index contributed by atoms with van der Waals surface area (Å²) in [6, 6.07) is 2.05. The number of nitrogens with zero attached hydrogens (tertiary/aromatic N) is 4. The third-order valence-electron chi connectivity index (χ3n) is 5.61. The molecule has 0 atom stereocenters. The zero-order valence-electron chi connectivity index (χ0n) is 15.1. The van der Waals surface area contributed by atoms with Crippen LogP contribution in [0.5, 0.6) is 0 Å². The molecule has 0 bridgehead atoms. The lowest BCUT2D eigenvalue weighted by molar-refractivity contribution is -0.914. The summed E-state index contributed by atoms with van der Waals surface area (Å²) in [7, 11) is 0. The first-order chi connectivity index (χ1) is 12.8. The Labute approximate surface area is 156 Å². The van der Waals surface area contributed by atoms with Crippen LogP contribution in [-0.4, -0.2) is 41.3 Å². The SMILES string of the molecule is Cc1cc(C[NH+]2CCN(c3ncnc4sc5c(c34)CCCC5)CC2)no1. The molecule has 3 aromatic heterocycles. The third kappa shape index (κ3) is 2.89. The van der Waals surface area contributed by atoms with E-state index in [-0.39, 0.29) is 0 Å². The van der Waals surface area contributed by atoms with Crippen molar-refractivity contribution in [3.8, 4) is 0 Å². The van der Waals surface area contributed by atoms with Crippen LogP contribution in [0.2, 0.25) is 0 Å². The lowest BCUT2D eigenvalue weighted by atomic mass is 9.97. The van der Waals surface area contributed by atoms with Gasteiger partial charge in [-0.2, -0.15) is 0 Å². The first-order valence-corrected chi connectivity index (χ1v) is 10.4. The molecule has 3 aromatic rings. The highest BCUT2D eigenvalue weighted by molar-refractivity contribution is 7.19. The Hall–Kier alpha value is -1.99. The number of fused-ring (bicyclic) bond motifs is 3. The predicted molar refractivity (Wildman–Crippen MR) is 102 cm³/mol. The van der Waals surface area contributed by atoms with Gasteiger partial charge in [0.05, 0.1) is 31.6 Å². The molecule has 4 heterocycles. The van der Waals surface area contributed by atoms with Crippen LogP contribution in [0.25, 0.3) is 10.2 Å². The molecule has 7 heteroatoms. The van der Waals surface area contributed by atoms with Crippen molar-refractivity contribution >= 4 is 27.4 Å². The van der Waals surface area contributed by atoms with Crippen LogP contribution in [0.4, 0.5) is 5.82 Å². The second kappa shape index (κ2) is 6.63. The van der Waals surface area contributed by atoms with Crippen LogP contribution in [0, 0.1) is 6.92 Å². The van der Waals surface area contributed by atoms with Crippen LogP contribution in [0.3, 0.4) is 0 Å². The normalized spacial score (nSPS) is 18.4. The molecule has 0 radical (unpaired) electrons. The minimum Gasteiger partial charge on any atom is -0.361 e. The molecule has 0 saturated carbocycles. The van der Waals surface area contributed by atoms with E-state index in [0.29, 0.717) is 0 Å². The van der Waals surface area contributed by atoms with E-state index >= 15 is 0 Å². The molecular formula is C19H24N5OS+. The van der Waals surface area contributed by atoms with Gasteiger partial charge in [0.1, 0.15) is 35.0 Å². The average molecular weight is 371 g/mol. The van der Waals surface area contributed by atoms with Crippen molar-refractivity contribution in [1.29, 1.82) is 0 Å². The molecule has 0 aromatic carbocycles. The van der Waals surface area contributed by atoms with E-state index in [2.05, 4.69) is 15.0 Å². The van der Waals surface area contributed by atoms with Crippen molar-refractivity contribution in [3.63, 3.8) is 0 Å². The van der Waals surface area contributed by atoms with E-state index in [4.69, 9.17) is 9.51 Å². The number of anilines is 1. The summed E-state index contributed by atoms with van der Waals surface area (Å²) >= 11 is 1.88. The molecule has 1 fully saturated rings. The molecule has 1 aliphatic carbocycles. The van der Waals surface area contributed by atoms with Crippen LogP contribution < -0.4 is 9.80 Å². The Balaban J connectivity index is 1.36. The zero-order valence-corrected chi connectivity index (χ0v) is 15.9. The highest BCUT2D eigenvalue weighted by Crippen LogP contribution is 2.39. The summed E-state index contributed by atoms with van der Waals surface area (Å²) in [5, 5.41) is 5.48. The van der Waals surface area contributed by atoms with Gasteiger partial charge in [-0.15, -0.1) is 11.3 Å². The highest BCUT2D eigenvalue weighted by atomic mass is 32.1. The largest absolute Gasteiger partial charge is 0.361 e. The minimum atomic E-state index is 0.892. The summed E-state index contributed by atoms with van der Waals surface area (Å²) in [4.78, 5) is 16.0. The van der Waals surface area contributed by atoms with Gasteiger partial charge in [0, 0.05) is 10.9 Å². The Kier molecular flexibility index (Phi) is 4.13. The number of aryl methyl sites for hydroxylation is 3. The molecular weight excluding hydrogens is 346 g/mol. The van der Waals surface area contributed by atoms with Crippen LogP contribution in [0.1, 0.15) is 34.7 Å². The molecule has 2 aliphatic rings. The summed E-state index contributed by atoms with van der Waals surface area (Å²) in [6.07, 6.45) is 6.75. The number of rotatable bonds is 3. The molecule has 0 amide bonds. The quantitative estimate of drug-likeness (QED) is 0.761. The Bertz CT molecular complexity index is 925. The summed E-state index contributed by atoms with van der Waals surface area (Å²) < 4.78 is 5.20. The Morgan fingerprint density at radius 3 is 2.85 bits per heavy atom. The number of quaternary nitrogens is 1. The van der Waals surface area contributed by atoms with E-state index in [1.807, 2.05) is 24.3 Å². The third-order valence-corrected chi connectivity index (χ3v) is 6.81. The molecule has 26 heavy (non-hydrogen) atoms. The standard InChI is InChI=1S/C19H23N5OS/c1-13-10-14(22-25-13)11-23-6-8-24(9-7-23)18-17-15-4-2-3-5-16(15)26-19(17)21-12-20-18/h10,12H,2-9,11H2,1H3/p+1. The van der Waals surface area contributed by atoms with Crippen LogP contribution in [0.15, 0.2) is 16.9 Å². The van der Waals surface area contributed by atoms with Crippen molar-refractivity contribution in [2.75, 3.05) is 31.1 Å². The van der Waals surface area contributed by atoms with Crippen molar-refractivity contribution in [1.82, 2.24) is 15.1 Å². The van der Waals surface area contributed by atoms with Gasteiger partial charge in [0.15, 0.2) is 0 Å². The Morgan fingerprint density at radius 1 is 1.19 bits per heavy atom. The maximum Gasteiger partial charge on any atom is 0.141 e. The first-order valence-electron chi connectivity index (χ1n) is 9.54. The number of aromatic nitrogens is 3. The monoisotopic (exact) mass is 370 g/mol. The van der Waals surface area contributed by atoms with Gasteiger partial charge in [-0.1, -0.05) is 5.16 Å². The molecule has 5 rings (SSSR count). The molecule has 1 saturated heterocycles. The molecule has 136 valence electrons. The number of nitrogens with one attached hydrogen (secondary N) is 1. The minimum absolute atomic E-state index is 0.892. The molecule has 0 unspecified atom stereocenters. The van der Waals surface area contributed by atoms with Crippen LogP contribution >= 0.6 is 11.3 Å². The smallest absolute Gasteiger partial charge is 0.141 e. The maximum atomic E-state index is 5.20. The molecule has 6 nitrogen and oxygen atoms in total. The number of thiophene rings is 1. The summed E-state index contributed by atoms with van der Waals surface area (Å²) in [5.74, 6) is 2.05. The maximum absolute atomic E-state index is 5.20. The van der Waals surface area contributed by atoms with Crippen molar-refractivity contribution in [2.45, 2.75) is 39.2 Å². The van der Waals surface area contributed by atoms with Gasteiger partial charge in [-0.05, 0) is 38.2 Å². The zero-order chi connectivity index (χ0) is 17.5. The van der Waals surface area contributed by atoms with E-state index < -0.39 is 0 Å². The van der Waals surface area contributed by atoms with Gasteiger partial charge in [-0.25, -0.2) is 9.97 Å². The number of piperazine rings is 1. The number of hydrogen-bond donors (Lipinski definition) is 1. The first kappa shape index (κ1) is 16.2. The van der Waals surface area contributed by atoms with E-state index in [9.17, 15) is 0 Å². The van der Waals surface area contributed by atoms with Crippen molar-refractivity contribution in [2.24, 2.45) is 0 Å². The van der Waals surface area contributed by atoms with Crippen molar-refractivity contribution < 1.29 is 9.42 Å². The fourth-order valence-corrected chi connectivity index (χ4v) is 5.51. The van der Waals surface area contributed by atoms with Gasteiger partial charge in [0.25, 0.3) is 0 Å². The van der Waals surface area contributed by atoms with E-state index in [1.165, 1.54) is 41.5 Å². The van der Waals surface area contributed by atoms with E-state index in [0.717, 1.165) is 50.0 Å². The topological polar surface area (TPSA) is 59.5 Å². The fraction of sp³-hybridized carbons (Fsp3) is 0.526. The molecule has 0 spiro atoms. The molecule has 1 N–H and O–H groups in total. The lowest BCUT2D eigenvalue weighted by Crippen LogP contribution is -3.13. The molecule has 1 aliphatic heterocycles. The van der Waals surface area contributed by atoms with Gasteiger partial charge in [0.2, 0.25) is 0 Å². The predicted octanol–water partition coefficient (Wildman–Crippen LogP) is 1.77. The van der Waals surface area contributed by atoms with Gasteiger partial charge < -0.3 is 14.3 Å². The lowest BCUT2D eigenvalue weighted by Gasteiger charge is -2.33. The second-order valence-electron chi connectivity index (χ2n) is 7.43. The number of hydrogen-bond acceptors (Lipinski definition) is 6. The fourth-order valence-electron chi connectivity index (χ4n) is 4.28. The second-order valence-corrected chi connectivity index (χ2v) is 8.51.